The SMILES string of the molecule is CCC(C(=O)O)C(=O)NCc1ccc(OC)c(Br)c1. The molecule has 0 aliphatic rings. The van der Waals surface area contributed by atoms with Gasteiger partial charge in [0.05, 0.1) is 11.6 Å². The van der Waals surface area contributed by atoms with Crippen molar-refractivity contribution in [3.63, 3.8) is 0 Å². The lowest BCUT2D eigenvalue weighted by molar-refractivity contribution is -0.147. The summed E-state index contributed by atoms with van der Waals surface area (Å²) in [6.45, 7) is 1.95. The molecule has 5 nitrogen and oxygen atoms in total. The molecule has 0 aromatic heterocycles. The van der Waals surface area contributed by atoms with Gasteiger partial charge in [-0.15, -0.1) is 0 Å². The van der Waals surface area contributed by atoms with E-state index in [4.69, 9.17) is 9.84 Å². The van der Waals surface area contributed by atoms with Gasteiger partial charge in [-0.2, -0.15) is 0 Å². The summed E-state index contributed by atoms with van der Waals surface area (Å²) in [5, 5.41) is 11.5. The average Bonchev–Trinajstić information content (AvgIpc) is 2.37. The van der Waals surface area contributed by atoms with Crippen LogP contribution < -0.4 is 10.1 Å². The van der Waals surface area contributed by atoms with Crippen molar-refractivity contribution in [1.29, 1.82) is 0 Å². The molecule has 1 unspecified atom stereocenters. The van der Waals surface area contributed by atoms with Crippen molar-refractivity contribution >= 4 is 27.8 Å². The van der Waals surface area contributed by atoms with E-state index in [1.165, 1.54) is 0 Å². The first-order valence-corrected chi connectivity index (χ1v) is 6.61. The van der Waals surface area contributed by atoms with E-state index in [1.807, 2.05) is 12.1 Å². The molecule has 0 heterocycles. The Bertz CT molecular complexity index is 476. The molecular formula is C13H16BrNO4. The fraction of sp³-hybridized carbons (Fsp3) is 0.385. The minimum atomic E-state index is -1.10. The predicted molar refractivity (Wildman–Crippen MR) is 74.0 cm³/mol. The van der Waals surface area contributed by atoms with Gasteiger partial charge in [0, 0.05) is 6.54 Å². The Morgan fingerprint density at radius 1 is 1.47 bits per heavy atom. The number of amides is 1. The number of nitrogens with one attached hydrogen (secondary N) is 1. The van der Waals surface area contributed by atoms with Crippen molar-refractivity contribution in [1.82, 2.24) is 5.32 Å². The summed E-state index contributed by atoms with van der Waals surface area (Å²) in [6, 6.07) is 5.41. The van der Waals surface area contributed by atoms with Gasteiger partial charge < -0.3 is 15.2 Å². The van der Waals surface area contributed by atoms with Crippen LogP contribution in [0.1, 0.15) is 18.9 Å². The molecule has 1 atom stereocenters. The van der Waals surface area contributed by atoms with Gasteiger partial charge in [0.25, 0.3) is 0 Å². The lowest BCUT2D eigenvalue weighted by Crippen LogP contribution is -2.34. The molecule has 0 saturated heterocycles. The molecule has 1 aromatic carbocycles. The van der Waals surface area contributed by atoms with Crippen molar-refractivity contribution in [3.8, 4) is 5.75 Å². The van der Waals surface area contributed by atoms with Crippen LogP contribution in [0.15, 0.2) is 22.7 Å². The van der Waals surface area contributed by atoms with Gasteiger partial charge in [-0.05, 0) is 40.0 Å². The summed E-state index contributed by atoms with van der Waals surface area (Å²) in [4.78, 5) is 22.5. The monoisotopic (exact) mass is 329 g/mol. The van der Waals surface area contributed by atoms with Crippen molar-refractivity contribution in [3.05, 3.63) is 28.2 Å². The van der Waals surface area contributed by atoms with Gasteiger partial charge in [0.1, 0.15) is 11.7 Å². The predicted octanol–water partition coefficient (Wildman–Crippen LogP) is 2.18. The Morgan fingerprint density at radius 2 is 2.16 bits per heavy atom. The van der Waals surface area contributed by atoms with Crippen molar-refractivity contribution < 1.29 is 19.4 Å². The topological polar surface area (TPSA) is 75.6 Å². The van der Waals surface area contributed by atoms with E-state index in [0.717, 1.165) is 10.0 Å². The number of ether oxygens (including phenoxy) is 1. The number of carboxylic acid groups (broad SMARTS) is 1. The van der Waals surface area contributed by atoms with Gasteiger partial charge in [-0.3, -0.25) is 9.59 Å². The maximum atomic E-state index is 11.7. The number of aliphatic carboxylic acids is 1. The number of hydrogen-bond acceptors (Lipinski definition) is 3. The molecule has 19 heavy (non-hydrogen) atoms. The van der Waals surface area contributed by atoms with Crippen LogP contribution in [0.2, 0.25) is 0 Å². The fourth-order valence-electron chi connectivity index (χ4n) is 1.60. The molecule has 1 rings (SSSR count). The van der Waals surface area contributed by atoms with Crippen molar-refractivity contribution in [2.24, 2.45) is 5.92 Å². The number of hydrogen-bond donors (Lipinski definition) is 2. The largest absolute Gasteiger partial charge is 0.496 e. The number of methoxy groups -OCH3 is 1. The minimum Gasteiger partial charge on any atom is -0.496 e. The molecule has 0 saturated carbocycles. The van der Waals surface area contributed by atoms with Gasteiger partial charge in [-0.1, -0.05) is 13.0 Å². The molecule has 0 bridgehead atoms. The van der Waals surface area contributed by atoms with Crippen molar-refractivity contribution in [2.45, 2.75) is 19.9 Å². The second kappa shape index (κ2) is 7.13. The summed E-state index contributed by atoms with van der Waals surface area (Å²) in [6.07, 6.45) is 0.271. The Labute approximate surface area is 120 Å². The highest BCUT2D eigenvalue weighted by atomic mass is 79.9. The van der Waals surface area contributed by atoms with E-state index in [-0.39, 0.29) is 13.0 Å². The smallest absolute Gasteiger partial charge is 0.316 e. The molecule has 0 fully saturated rings. The Balaban J connectivity index is 2.64. The van der Waals surface area contributed by atoms with E-state index in [2.05, 4.69) is 21.2 Å². The first-order chi connectivity index (χ1) is 8.99. The van der Waals surface area contributed by atoms with Crippen LogP contribution in [-0.4, -0.2) is 24.1 Å². The number of benzene rings is 1. The summed E-state index contributed by atoms with van der Waals surface area (Å²) in [7, 11) is 1.57. The lowest BCUT2D eigenvalue weighted by Gasteiger charge is -2.11. The minimum absolute atomic E-state index is 0.271. The highest BCUT2D eigenvalue weighted by molar-refractivity contribution is 9.10. The average molecular weight is 330 g/mol. The van der Waals surface area contributed by atoms with Gasteiger partial charge in [0.15, 0.2) is 0 Å². The van der Waals surface area contributed by atoms with Crippen LogP contribution in [0.3, 0.4) is 0 Å². The molecule has 0 aliphatic carbocycles. The third kappa shape index (κ3) is 4.24. The maximum Gasteiger partial charge on any atom is 0.316 e. The van der Waals surface area contributed by atoms with E-state index in [1.54, 1.807) is 20.1 Å². The third-order valence-corrected chi connectivity index (χ3v) is 3.33. The zero-order valence-corrected chi connectivity index (χ0v) is 12.4. The summed E-state index contributed by atoms with van der Waals surface area (Å²) in [5.74, 6) is -1.87. The molecule has 0 spiro atoms. The van der Waals surface area contributed by atoms with Crippen molar-refractivity contribution in [2.75, 3.05) is 7.11 Å². The van der Waals surface area contributed by atoms with E-state index in [0.29, 0.717) is 5.75 Å². The van der Waals surface area contributed by atoms with Crippen LogP contribution in [0, 0.1) is 5.92 Å². The number of carboxylic acids is 1. The van der Waals surface area contributed by atoms with Gasteiger partial charge >= 0.3 is 5.97 Å². The summed E-state index contributed by atoms with van der Waals surface area (Å²) < 4.78 is 5.88. The number of carbonyl (C=O) groups is 2. The molecule has 1 aromatic rings. The first kappa shape index (κ1) is 15.5. The Kier molecular flexibility index (Phi) is 5.82. The number of rotatable bonds is 6. The first-order valence-electron chi connectivity index (χ1n) is 5.82. The van der Waals surface area contributed by atoms with Crippen LogP contribution in [0.5, 0.6) is 5.75 Å². The second-order valence-electron chi connectivity index (χ2n) is 3.99. The fourth-order valence-corrected chi connectivity index (χ4v) is 2.19. The second-order valence-corrected chi connectivity index (χ2v) is 4.84. The maximum absolute atomic E-state index is 11.7. The third-order valence-electron chi connectivity index (χ3n) is 2.71. The van der Waals surface area contributed by atoms with Crippen LogP contribution in [-0.2, 0) is 16.1 Å². The zero-order chi connectivity index (χ0) is 14.4. The van der Waals surface area contributed by atoms with Crippen LogP contribution in [0.25, 0.3) is 0 Å². The highest BCUT2D eigenvalue weighted by Crippen LogP contribution is 2.25. The summed E-state index contributed by atoms with van der Waals surface area (Å²) >= 11 is 3.35. The molecule has 0 aliphatic heterocycles. The van der Waals surface area contributed by atoms with E-state index >= 15 is 0 Å². The summed E-state index contributed by atoms with van der Waals surface area (Å²) in [5.41, 5.74) is 0.862. The molecule has 104 valence electrons. The zero-order valence-electron chi connectivity index (χ0n) is 10.8. The van der Waals surface area contributed by atoms with Gasteiger partial charge in [0.2, 0.25) is 5.91 Å². The quantitative estimate of drug-likeness (QED) is 0.784. The lowest BCUT2D eigenvalue weighted by atomic mass is 10.1. The Hall–Kier alpha value is -1.56. The normalized spacial score (nSPS) is 11.7. The number of carbonyl (C=O) groups excluding carboxylic acids is 1. The highest BCUT2D eigenvalue weighted by Gasteiger charge is 2.23. The van der Waals surface area contributed by atoms with Crippen LogP contribution >= 0.6 is 15.9 Å². The number of halogens is 1. The van der Waals surface area contributed by atoms with E-state index < -0.39 is 17.8 Å². The molecule has 0 radical (unpaired) electrons. The molecule has 2 N–H and O–H groups in total. The molecule has 6 heteroatoms. The van der Waals surface area contributed by atoms with E-state index in [9.17, 15) is 9.59 Å². The van der Waals surface area contributed by atoms with Gasteiger partial charge in [-0.25, -0.2) is 0 Å². The molecular weight excluding hydrogens is 314 g/mol. The molecule has 1 amide bonds. The Morgan fingerprint density at radius 3 is 2.63 bits per heavy atom. The standard InChI is InChI=1S/C13H16BrNO4/c1-3-9(13(17)18)12(16)15-7-8-4-5-11(19-2)10(14)6-8/h4-6,9H,3,7H2,1-2H3,(H,15,16)(H,17,18). The van der Waals surface area contributed by atoms with Crippen LogP contribution in [0.4, 0.5) is 0 Å².